The first-order chi connectivity index (χ1) is 14.1. The number of aromatic nitrogens is 5. The van der Waals surface area contributed by atoms with Gasteiger partial charge in [-0.15, -0.1) is 10.2 Å². The number of pyridine rings is 1. The van der Waals surface area contributed by atoms with Crippen molar-refractivity contribution in [3.63, 3.8) is 0 Å². The highest BCUT2D eigenvalue weighted by atomic mass is 16.5. The van der Waals surface area contributed by atoms with E-state index in [0.717, 1.165) is 60.0 Å². The van der Waals surface area contributed by atoms with Crippen LogP contribution in [0.2, 0.25) is 0 Å². The monoisotopic (exact) mass is 392 g/mol. The first-order valence-electron chi connectivity index (χ1n) is 10.2. The fraction of sp³-hybridized carbons (Fsp3) is 0.476. The van der Waals surface area contributed by atoms with Crippen LogP contribution in [-0.2, 0) is 24.2 Å². The lowest BCUT2D eigenvalue weighted by Gasteiger charge is -2.28. The lowest BCUT2D eigenvalue weighted by atomic mass is 10.1. The molecule has 8 nitrogen and oxygen atoms in total. The van der Waals surface area contributed by atoms with Crippen molar-refractivity contribution in [3.8, 4) is 11.4 Å². The summed E-state index contributed by atoms with van der Waals surface area (Å²) in [6.07, 6.45) is 7.51. The molecule has 5 rings (SSSR count). The van der Waals surface area contributed by atoms with Gasteiger partial charge in [-0.1, -0.05) is 5.16 Å². The summed E-state index contributed by atoms with van der Waals surface area (Å²) >= 11 is 0. The van der Waals surface area contributed by atoms with Gasteiger partial charge in [-0.05, 0) is 45.2 Å². The van der Waals surface area contributed by atoms with Gasteiger partial charge in [0.2, 0.25) is 5.91 Å². The van der Waals surface area contributed by atoms with Crippen molar-refractivity contribution in [2.45, 2.75) is 64.6 Å². The largest absolute Gasteiger partial charge is 0.361 e. The third-order valence-electron chi connectivity index (χ3n) is 6.24. The maximum atomic E-state index is 13.2. The first kappa shape index (κ1) is 18.0. The van der Waals surface area contributed by atoms with Crippen LogP contribution < -0.4 is 0 Å². The molecule has 0 unspecified atom stereocenters. The van der Waals surface area contributed by atoms with E-state index in [2.05, 4.69) is 29.8 Å². The molecule has 2 bridgehead atoms. The van der Waals surface area contributed by atoms with Crippen LogP contribution in [0.25, 0.3) is 11.4 Å². The predicted molar refractivity (Wildman–Crippen MR) is 105 cm³/mol. The molecule has 3 aromatic rings. The molecule has 0 saturated carbocycles. The Hall–Kier alpha value is -3.03. The highest BCUT2D eigenvalue weighted by molar-refractivity contribution is 5.77. The minimum atomic E-state index is 0.185. The molecule has 5 heterocycles. The maximum Gasteiger partial charge on any atom is 0.223 e. The average molecular weight is 392 g/mol. The van der Waals surface area contributed by atoms with Gasteiger partial charge in [-0.25, -0.2) is 0 Å². The van der Waals surface area contributed by atoms with E-state index < -0.39 is 0 Å². The molecule has 1 amide bonds. The van der Waals surface area contributed by atoms with Gasteiger partial charge in [0.25, 0.3) is 0 Å². The van der Waals surface area contributed by atoms with Crippen LogP contribution >= 0.6 is 0 Å². The van der Waals surface area contributed by atoms with Crippen molar-refractivity contribution >= 4 is 5.91 Å². The van der Waals surface area contributed by atoms with Gasteiger partial charge in [-0.3, -0.25) is 9.78 Å². The Morgan fingerprint density at radius 1 is 1.24 bits per heavy atom. The quantitative estimate of drug-likeness (QED) is 0.678. The summed E-state index contributed by atoms with van der Waals surface area (Å²) in [5.74, 6) is 2.81. The normalized spacial score (nSPS) is 20.6. The fourth-order valence-electron chi connectivity index (χ4n) is 4.78. The van der Waals surface area contributed by atoms with Gasteiger partial charge in [-0.2, -0.15) is 0 Å². The number of aryl methyl sites for hydroxylation is 2. The van der Waals surface area contributed by atoms with Gasteiger partial charge in [0.1, 0.15) is 11.6 Å². The zero-order chi connectivity index (χ0) is 20.0. The molecule has 29 heavy (non-hydrogen) atoms. The molecular formula is C21H24N6O2. The summed E-state index contributed by atoms with van der Waals surface area (Å²) in [6.45, 7) is 4.57. The second kappa shape index (κ2) is 7.09. The SMILES string of the molecule is Cc1noc(C)c1CCC(=O)N1[C@@H]2CC[C@H]1Cc1nnc(-c3cccnc3)n1C2. The number of fused-ring (bicyclic) bond motifs is 3. The van der Waals surface area contributed by atoms with E-state index in [0.29, 0.717) is 12.8 Å². The second-order valence-electron chi connectivity index (χ2n) is 7.98. The number of amides is 1. The number of carbonyl (C=O) groups is 1. The number of hydrogen-bond acceptors (Lipinski definition) is 6. The Kier molecular flexibility index (Phi) is 4.41. The first-order valence-corrected chi connectivity index (χ1v) is 10.2. The maximum absolute atomic E-state index is 13.2. The van der Waals surface area contributed by atoms with E-state index in [1.54, 1.807) is 6.20 Å². The zero-order valence-corrected chi connectivity index (χ0v) is 16.7. The standard InChI is InChI=1S/C21H24N6O2/c1-13-18(14(2)29-25-13)7-8-20(28)27-16-5-6-17(27)12-26-19(10-16)23-24-21(26)15-4-3-9-22-11-15/h3-4,9,11,16-17H,5-8,10,12H2,1-2H3/t16-,17+/m0/s1. The predicted octanol–water partition coefficient (Wildman–Crippen LogP) is 2.49. The number of rotatable bonds is 4. The summed E-state index contributed by atoms with van der Waals surface area (Å²) in [6, 6.07) is 4.29. The molecule has 2 aliphatic rings. The lowest BCUT2D eigenvalue weighted by molar-refractivity contribution is -0.134. The zero-order valence-electron chi connectivity index (χ0n) is 16.7. The summed E-state index contributed by atoms with van der Waals surface area (Å²) in [5.41, 5.74) is 2.89. The summed E-state index contributed by atoms with van der Waals surface area (Å²) in [4.78, 5) is 19.5. The Morgan fingerprint density at radius 2 is 2.10 bits per heavy atom. The van der Waals surface area contributed by atoms with Gasteiger partial charge in [0.15, 0.2) is 5.82 Å². The average Bonchev–Trinajstić information content (AvgIpc) is 3.36. The number of carbonyl (C=O) groups excluding carboxylic acids is 1. The van der Waals surface area contributed by atoms with Crippen LogP contribution in [-0.4, -0.2) is 47.8 Å². The lowest BCUT2D eigenvalue weighted by Crippen LogP contribution is -2.42. The smallest absolute Gasteiger partial charge is 0.223 e. The summed E-state index contributed by atoms with van der Waals surface area (Å²) in [5, 5.41) is 12.9. The molecule has 0 aromatic carbocycles. The minimum Gasteiger partial charge on any atom is -0.361 e. The molecule has 150 valence electrons. The molecule has 3 aromatic heterocycles. The van der Waals surface area contributed by atoms with E-state index in [1.165, 1.54) is 0 Å². The second-order valence-corrected chi connectivity index (χ2v) is 7.98. The Balaban J connectivity index is 1.36. The van der Waals surface area contributed by atoms with Crippen molar-refractivity contribution < 1.29 is 9.32 Å². The summed E-state index contributed by atoms with van der Waals surface area (Å²) < 4.78 is 7.41. The van der Waals surface area contributed by atoms with E-state index in [9.17, 15) is 4.79 Å². The van der Waals surface area contributed by atoms with Crippen LogP contribution in [0, 0.1) is 13.8 Å². The molecule has 1 fully saturated rings. The molecule has 0 aliphatic carbocycles. The van der Waals surface area contributed by atoms with Crippen LogP contribution in [0.4, 0.5) is 0 Å². The van der Waals surface area contributed by atoms with E-state index in [-0.39, 0.29) is 18.0 Å². The van der Waals surface area contributed by atoms with Gasteiger partial charge >= 0.3 is 0 Å². The molecule has 0 N–H and O–H groups in total. The van der Waals surface area contributed by atoms with Gasteiger partial charge < -0.3 is 14.0 Å². The molecule has 2 atom stereocenters. The van der Waals surface area contributed by atoms with Crippen molar-refractivity contribution in [1.29, 1.82) is 0 Å². The Bertz CT molecular complexity index is 1020. The topological polar surface area (TPSA) is 89.9 Å². The molecule has 8 heteroatoms. The van der Waals surface area contributed by atoms with Crippen molar-refractivity contribution in [3.05, 3.63) is 47.4 Å². The van der Waals surface area contributed by atoms with Gasteiger partial charge in [0, 0.05) is 48.9 Å². The van der Waals surface area contributed by atoms with Crippen molar-refractivity contribution in [2.75, 3.05) is 0 Å². The van der Waals surface area contributed by atoms with E-state index in [4.69, 9.17) is 4.52 Å². The molecule has 0 radical (unpaired) electrons. The summed E-state index contributed by atoms with van der Waals surface area (Å²) in [7, 11) is 0. The van der Waals surface area contributed by atoms with Crippen LogP contribution in [0.5, 0.6) is 0 Å². The Labute approximate surface area is 168 Å². The van der Waals surface area contributed by atoms with Crippen LogP contribution in [0.3, 0.4) is 0 Å². The highest BCUT2D eigenvalue weighted by Gasteiger charge is 2.41. The molecule has 2 aliphatic heterocycles. The molecular weight excluding hydrogens is 368 g/mol. The van der Waals surface area contributed by atoms with Crippen molar-refractivity contribution in [2.24, 2.45) is 0 Å². The molecule has 0 spiro atoms. The Morgan fingerprint density at radius 3 is 2.86 bits per heavy atom. The van der Waals surface area contributed by atoms with Gasteiger partial charge in [0.05, 0.1) is 11.7 Å². The third kappa shape index (κ3) is 3.12. The molecule has 1 saturated heterocycles. The van der Waals surface area contributed by atoms with E-state index in [1.807, 2.05) is 32.2 Å². The number of hydrogen-bond donors (Lipinski definition) is 0. The van der Waals surface area contributed by atoms with Crippen molar-refractivity contribution in [1.82, 2.24) is 29.8 Å². The fourth-order valence-corrected chi connectivity index (χ4v) is 4.78. The third-order valence-corrected chi connectivity index (χ3v) is 6.24. The minimum absolute atomic E-state index is 0.185. The number of nitrogens with zero attached hydrogens (tertiary/aromatic N) is 6. The van der Waals surface area contributed by atoms with Crippen LogP contribution in [0.15, 0.2) is 29.0 Å². The van der Waals surface area contributed by atoms with E-state index >= 15 is 0 Å². The highest BCUT2D eigenvalue weighted by Crippen LogP contribution is 2.33. The van der Waals surface area contributed by atoms with Crippen LogP contribution in [0.1, 0.15) is 42.1 Å².